The lowest BCUT2D eigenvalue weighted by atomic mass is 10.2. The molecule has 3 heterocycles. The number of hydrogen-bond acceptors (Lipinski definition) is 6. The van der Waals surface area contributed by atoms with Gasteiger partial charge < -0.3 is 4.52 Å². The largest absolute Gasteiger partial charge is 0.337 e. The van der Waals surface area contributed by atoms with Crippen molar-refractivity contribution in [2.24, 2.45) is 0 Å². The van der Waals surface area contributed by atoms with Crippen molar-refractivity contribution in [1.29, 1.82) is 0 Å². The molecule has 0 atom stereocenters. The van der Waals surface area contributed by atoms with Crippen LogP contribution >= 0.6 is 27.3 Å². The van der Waals surface area contributed by atoms with Gasteiger partial charge >= 0.3 is 5.69 Å². The average Bonchev–Trinajstić information content (AvgIpc) is 3.45. The van der Waals surface area contributed by atoms with Crippen molar-refractivity contribution in [3.63, 3.8) is 0 Å². The molecule has 0 radical (unpaired) electrons. The van der Waals surface area contributed by atoms with Crippen molar-refractivity contribution in [1.82, 2.24) is 19.3 Å². The summed E-state index contributed by atoms with van der Waals surface area (Å²) in [6.07, 6.45) is 0. The molecule has 5 rings (SSSR count). The second-order valence-corrected chi connectivity index (χ2v) is 8.73. The Morgan fingerprint density at radius 2 is 1.71 bits per heavy atom. The van der Waals surface area contributed by atoms with Gasteiger partial charge in [-0.15, -0.1) is 11.3 Å². The fourth-order valence-electron chi connectivity index (χ4n) is 3.36. The molecule has 3 aromatic heterocycles. The number of nitrogens with zero attached hydrogens (tertiary/aromatic N) is 4. The molecule has 0 N–H and O–H groups in total. The minimum absolute atomic E-state index is 0.0741. The first-order valence-corrected chi connectivity index (χ1v) is 11.1. The first-order valence-electron chi connectivity index (χ1n) is 9.43. The van der Waals surface area contributed by atoms with Gasteiger partial charge in [-0.05, 0) is 41.3 Å². The Morgan fingerprint density at radius 1 is 0.935 bits per heavy atom. The van der Waals surface area contributed by atoms with Gasteiger partial charge in [0.1, 0.15) is 11.2 Å². The van der Waals surface area contributed by atoms with E-state index in [4.69, 9.17) is 4.52 Å². The highest BCUT2D eigenvalue weighted by Gasteiger charge is 2.17. The molecule has 2 aromatic carbocycles. The van der Waals surface area contributed by atoms with Gasteiger partial charge in [0.15, 0.2) is 0 Å². The van der Waals surface area contributed by atoms with Gasteiger partial charge in [0.05, 0.1) is 12.1 Å². The molecular weight excluding hydrogens is 480 g/mol. The Balaban J connectivity index is 1.56. The number of benzene rings is 2. The van der Waals surface area contributed by atoms with Crippen LogP contribution in [-0.2, 0) is 13.1 Å². The second-order valence-electron chi connectivity index (χ2n) is 6.90. The first-order chi connectivity index (χ1) is 15.1. The van der Waals surface area contributed by atoms with Crippen molar-refractivity contribution in [3.8, 4) is 11.4 Å². The molecule has 9 heteroatoms. The minimum Gasteiger partial charge on any atom is -0.337 e. The summed E-state index contributed by atoms with van der Waals surface area (Å²) in [6, 6.07) is 18.7. The Labute approximate surface area is 188 Å². The quantitative estimate of drug-likeness (QED) is 0.366. The van der Waals surface area contributed by atoms with Crippen LogP contribution in [0.3, 0.4) is 0 Å². The van der Waals surface area contributed by atoms with Crippen molar-refractivity contribution in [2.75, 3.05) is 0 Å². The van der Waals surface area contributed by atoms with Crippen molar-refractivity contribution >= 4 is 37.5 Å². The Hall–Kier alpha value is -3.30. The predicted molar refractivity (Wildman–Crippen MR) is 122 cm³/mol. The predicted octanol–water partition coefficient (Wildman–Crippen LogP) is 4.13. The third-order valence-corrected chi connectivity index (χ3v) is 6.30. The van der Waals surface area contributed by atoms with E-state index >= 15 is 0 Å². The lowest BCUT2D eigenvalue weighted by Gasteiger charge is -2.10. The normalized spacial score (nSPS) is 11.3. The zero-order chi connectivity index (χ0) is 21.4. The van der Waals surface area contributed by atoms with Crippen molar-refractivity contribution in [3.05, 3.63) is 103 Å². The Morgan fingerprint density at radius 3 is 2.48 bits per heavy atom. The highest BCUT2D eigenvalue weighted by atomic mass is 79.9. The number of rotatable bonds is 5. The van der Waals surface area contributed by atoms with E-state index in [1.165, 1.54) is 20.5 Å². The zero-order valence-corrected chi connectivity index (χ0v) is 18.5. The Kier molecular flexibility index (Phi) is 5.13. The van der Waals surface area contributed by atoms with Crippen molar-refractivity contribution < 1.29 is 4.52 Å². The number of hydrogen-bond donors (Lipinski definition) is 0. The van der Waals surface area contributed by atoms with Crippen LogP contribution in [0.25, 0.3) is 21.6 Å². The SMILES string of the molecule is O=c1c2sccc2n(Cc2nc(-c3ccc(Br)cc3)no2)c(=O)n1Cc1ccccc1. The summed E-state index contributed by atoms with van der Waals surface area (Å²) in [6.45, 7) is 0.269. The van der Waals surface area contributed by atoms with Crippen LogP contribution in [0, 0.1) is 0 Å². The number of thiophene rings is 1. The molecule has 7 nitrogen and oxygen atoms in total. The van der Waals surface area contributed by atoms with E-state index in [1.807, 2.05) is 54.6 Å². The molecule has 0 unspecified atom stereocenters. The molecule has 0 aliphatic rings. The smallest absolute Gasteiger partial charge is 0.332 e. The van der Waals surface area contributed by atoms with Crippen LogP contribution in [0.15, 0.2) is 84.6 Å². The molecule has 5 aromatic rings. The highest BCUT2D eigenvalue weighted by Crippen LogP contribution is 2.20. The van der Waals surface area contributed by atoms with Crippen LogP contribution in [0.2, 0.25) is 0 Å². The van der Waals surface area contributed by atoms with E-state index in [2.05, 4.69) is 26.1 Å². The third-order valence-electron chi connectivity index (χ3n) is 4.88. The lowest BCUT2D eigenvalue weighted by Crippen LogP contribution is -2.40. The van der Waals surface area contributed by atoms with E-state index in [-0.39, 0.29) is 24.5 Å². The second kappa shape index (κ2) is 8.09. The summed E-state index contributed by atoms with van der Waals surface area (Å²) < 4.78 is 9.63. The van der Waals surface area contributed by atoms with Gasteiger partial charge in [-0.25, -0.2) is 4.79 Å². The fraction of sp³-hybridized carbons (Fsp3) is 0.0909. The fourth-order valence-corrected chi connectivity index (χ4v) is 4.47. The van der Waals surface area contributed by atoms with Crippen LogP contribution in [-0.4, -0.2) is 19.3 Å². The molecule has 0 aliphatic carbocycles. The van der Waals surface area contributed by atoms with Crippen molar-refractivity contribution in [2.45, 2.75) is 13.1 Å². The zero-order valence-electron chi connectivity index (χ0n) is 16.1. The van der Waals surface area contributed by atoms with Crippen LogP contribution in [0.5, 0.6) is 0 Å². The summed E-state index contributed by atoms with van der Waals surface area (Å²) >= 11 is 4.71. The molecule has 0 bridgehead atoms. The maximum atomic E-state index is 13.3. The standard InChI is InChI=1S/C22H15BrN4O3S/c23-16-8-6-15(7-9-16)20-24-18(30-25-20)13-26-17-10-11-31-19(17)21(28)27(22(26)29)12-14-4-2-1-3-5-14/h1-11H,12-13H2. The molecule has 31 heavy (non-hydrogen) atoms. The molecule has 0 amide bonds. The topological polar surface area (TPSA) is 82.9 Å². The summed E-state index contributed by atoms with van der Waals surface area (Å²) in [4.78, 5) is 30.6. The first kappa shape index (κ1) is 19.7. The minimum atomic E-state index is -0.414. The monoisotopic (exact) mass is 494 g/mol. The van der Waals surface area contributed by atoms with Gasteiger partial charge in [-0.1, -0.05) is 51.4 Å². The van der Waals surface area contributed by atoms with Crippen LogP contribution < -0.4 is 11.2 Å². The molecule has 0 spiro atoms. The highest BCUT2D eigenvalue weighted by molar-refractivity contribution is 9.10. The summed E-state index contributed by atoms with van der Waals surface area (Å²) in [5.74, 6) is 0.729. The Bertz CT molecular complexity index is 1480. The van der Waals surface area contributed by atoms with Gasteiger partial charge in [0, 0.05) is 10.0 Å². The number of fused-ring (bicyclic) bond motifs is 1. The van der Waals surface area contributed by atoms with Gasteiger partial charge in [-0.2, -0.15) is 4.98 Å². The van der Waals surface area contributed by atoms with E-state index < -0.39 is 5.69 Å². The molecular formula is C22H15BrN4O3S. The molecule has 0 aliphatic heterocycles. The average molecular weight is 495 g/mol. The van der Waals surface area contributed by atoms with Crippen LogP contribution in [0.4, 0.5) is 0 Å². The maximum Gasteiger partial charge on any atom is 0.332 e. The van der Waals surface area contributed by atoms with Crippen LogP contribution in [0.1, 0.15) is 11.5 Å². The molecule has 0 saturated heterocycles. The lowest BCUT2D eigenvalue weighted by molar-refractivity contribution is 0.369. The van der Waals surface area contributed by atoms with E-state index in [9.17, 15) is 9.59 Å². The van der Waals surface area contributed by atoms with Gasteiger partial charge in [-0.3, -0.25) is 13.9 Å². The summed E-state index contributed by atoms with van der Waals surface area (Å²) in [5.41, 5.74) is 1.53. The van der Waals surface area contributed by atoms with Gasteiger partial charge in [0.2, 0.25) is 11.7 Å². The van der Waals surface area contributed by atoms with E-state index in [0.29, 0.717) is 16.0 Å². The van der Waals surface area contributed by atoms with E-state index in [0.717, 1.165) is 15.6 Å². The number of aromatic nitrogens is 4. The number of halogens is 1. The summed E-state index contributed by atoms with van der Waals surface area (Å²) in [5, 5.41) is 5.84. The van der Waals surface area contributed by atoms with E-state index in [1.54, 1.807) is 11.4 Å². The summed E-state index contributed by atoms with van der Waals surface area (Å²) in [7, 11) is 0. The molecule has 0 fully saturated rings. The van der Waals surface area contributed by atoms with Gasteiger partial charge in [0.25, 0.3) is 5.56 Å². The molecule has 154 valence electrons. The maximum absolute atomic E-state index is 13.3. The third kappa shape index (κ3) is 3.77. The molecule has 0 saturated carbocycles.